The zero-order valence-electron chi connectivity index (χ0n) is 81.1. The van der Waals surface area contributed by atoms with E-state index in [0.717, 1.165) is 51.4 Å². The average molecular weight is 1880 g/mol. The number of methoxy groups -OCH3 is 2. The van der Waals surface area contributed by atoms with E-state index in [1.165, 1.54) is 67.8 Å². The highest BCUT2D eigenvalue weighted by Gasteiger charge is 2.57. The molecule has 0 saturated heterocycles. The molecule has 0 radical (unpaired) electrons. The van der Waals surface area contributed by atoms with Crippen LogP contribution in [-0.4, -0.2) is 253 Å². The van der Waals surface area contributed by atoms with Crippen molar-refractivity contribution in [1.29, 1.82) is 0 Å². The Hall–Kier alpha value is -9.36. The number of nitrogens with zero attached hydrogens (tertiary/aromatic N) is 2. The van der Waals surface area contributed by atoms with E-state index >= 15 is 28.8 Å². The van der Waals surface area contributed by atoms with E-state index in [4.69, 9.17) is 37.9 Å². The van der Waals surface area contributed by atoms with Gasteiger partial charge in [-0.2, -0.15) is 0 Å². The number of amides is 12. The van der Waals surface area contributed by atoms with E-state index in [2.05, 4.69) is 73.8 Å². The Morgan fingerprint density at radius 3 is 0.664 bits per heavy atom. The normalized spacial score (nSPS) is 20.1. The summed E-state index contributed by atoms with van der Waals surface area (Å²) in [6.07, 6.45) is 23.0. The first kappa shape index (κ1) is 107. The molecule has 10 rings (SSSR count). The van der Waals surface area contributed by atoms with Gasteiger partial charge in [0.1, 0.15) is 79.7 Å². The zero-order chi connectivity index (χ0) is 97.0. The van der Waals surface area contributed by atoms with Gasteiger partial charge in [0.2, 0.25) is 59.1 Å². The third-order valence-corrected chi connectivity index (χ3v) is 28.7. The van der Waals surface area contributed by atoms with Gasteiger partial charge >= 0.3 is 11.9 Å². The summed E-state index contributed by atoms with van der Waals surface area (Å²) in [4.78, 5) is 216. The minimum Gasteiger partial charge on any atom is -0.462 e. The van der Waals surface area contributed by atoms with Gasteiger partial charge in [0.05, 0.1) is 88.6 Å². The molecule has 12 amide bonds. The Balaban J connectivity index is 0.759. The minimum absolute atomic E-state index is 0.0755. The molecule has 8 saturated carbocycles. The second kappa shape index (κ2) is 48.1. The van der Waals surface area contributed by atoms with Crippen LogP contribution in [0.4, 0.5) is 0 Å². The molecule has 0 aromatic carbocycles. The van der Waals surface area contributed by atoms with Crippen LogP contribution < -0.4 is 63.8 Å². The third-order valence-electron chi connectivity index (χ3n) is 28.7. The molecule has 746 valence electrons. The molecule has 8 aliphatic carbocycles. The van der Waals surface area contributed by atoms with Crippen molar-refractivity contribution in [3.05, 3.63) is 47.8 Å². The molecule has 36 heteroatoms. The molecule has 2 aromatic rings. The summed E-state index contributed by atoms with van der Waals surface area (Å²) < 4.78 is 42.6. The molecule has 2 heterocycles. The predicted octanol–water partition coefficient (Wildman–Crippen LogP) is 7.95. The number of nitrogens with one attached hydrogen (secondary N) is 12. The van der Waals surface area contributed by atoms with Crippen molar-refractivity contribution in [2.24, 2.45) is 0 Å². The van der Waals surface area contributed by atoms with Gasteiger partial charge in [0.25, 0.3) is 11.8 Å². The first-order valence-electron chi connectivity index (χ1n) is 49.3. The second-order valence-corrected chi connectivity index (χ2v) is 40.7. The van der Waals surface area contributed by atoms with Crippen molar-refractivity contribution in [1.82, 2.24) is 73.8 Å². The molecule has 12 N–H and O–H groups in total. The number of hydrogen-bond donors (Lipinski definition) is 12. The van der Waals surface area contributed by atoms with Crippen LogP contribution in [0.3, 0.4) is 0 Å². The van der Waals surface area contributed by atoms with Gasteiger partial charge in [-0.3, -0.25) is 67.5 Å². The lowest BCUT2D eigenvalue weighted by molar-refractivity contribution is -0.155. The highest BCUT2D eigenvalue weighted by molar-refractivity contribution is 6.06. The lowest BCUT2D eigenvalue weighted by Crippen LogP contribution is -2.73. The van der Waals surface area contributed by atoms with E-state index in [-0.39, 0.29) is 154 Å². The maximum atomic E-state index is 15.5. The van der Waals surface area contributed by atoms with Crippen LogP contribution in [-0.2, 0) is 95.4 Å². The number of esters is 2. The summed E-state index contributed by atoms with van der Waals surface area (Å²) in [5.41, 5.74) is -16.9. The predicted molar refractivity (Wildman–Crippen MR) is 496 cm³/mol. The fourth-order valence-electron chi connectivity index (χ4n) is 20.1. The Kier molecular flexibility index (Phi) is 38.3. The molecule has 0 aliphatic heterocycles. The van der Waals surface area contributed by atoms with Crippen molar-refractivity contribution in [2.75, 3.05) is 93.5 Å². The molecule has 0 atom stereocenters. The summed E-state index contributed by atoms with van der Waals surface area (Å²) in [5.74, 6) is -8.28. The van der Waals surface area contributed by atoms with E-state index in [1.807, 2.05) is 0 Å². The molecule has 0 bridgehead atoms. The van der Waals surface area contributed by atoms with Gasteiger partial charge in [-0.1, -0.05) is 154 Å². The number of pyridine rings is 2. The van der Waals surface area contributed by atoms with Gasteiger partial charge in [-0.25, -0.2) is 9.59 Å². The lowest BCUT2D eigenvalue weighted by Gasteiger charge is -2.46. The van der Waals surface area contributed by atoms with Crippen LogP contribution in [0.1, 0.15) is 333 Å². The Morgan fingerprint density at radius 1 is 0.254 bits per heavy atom. The van der Waals surface area contributed by atoms with E-state index in [9.17, 15) is 38.4 Å². The summed E-state index contributed by atoms with van der Waals surface area (Å²) in [5, 5.41) is 36.6. The number of hydrogen-bond acceptors (Lipinski definition) is 24. The largest absolute Gasteiger partial charge is 0.462 e. The smallest absolute Gasteiger partial charge is 0.331 e. The Morgan fingerprint density at radius 2 is 0.455 bits per heavy atom. The van der Waals surface area contributed by atoms with Crippen LogP contribution in [0, 0.1) is 0 Å². The van der Waals surface area contributed by atoms with Crippen LogP contribution in [0.15, 0.2) is 36.7 Å². The number of ether oxygens (including phenoxy) is 8. The average Bonchev–Trinajstić information content (AvgIpc) is 0.757. The fraction of sp³-hybridized carbons (Fsp3) is 0.755. The maximum Gasteiger partial charge on any atom is 0.331 e. The first-order chi connectivity index (χ1) is 63.8. The molecule has 0 spiro atoms. The number of aromatic nitrogens is 2. The molecule has 134 heavy (non-hydrogen) atoms. The molecular formula is C98H152N14O22. The fourth-order valence-corrected chi connectivity index (χ4v) is 20.1. The van der Waals surface area contributed by atoms with Crippen molar-refractivity contribution in [3.63, 3.8) is 0 Å². The van der Waals surface area contributed by atoms with Gasteiger partial charge < -0.3 is 102 Å². The number of rotatable bonds is 45. The van der Waals surface area contributed by atoms with Gasteiger partial charge in [0.15, 0.2) is 0 Å². The number of carbonyl (C=O) groups is 14. The molecular weight excluding hydrogens is 1730 g/mol. The maximum absolute atomic E-state index is 15.5. The summed E-state index contributed by atoms with van der Waals surface area (Å²) >= 11 is 0. The van der Waals surface area contributed by atoms with Crippen LogP contribution in [0.25, 0.3) is 11.4 Å². The second-order valence-electron chi connectivity index (χ2n) is 40.7. The summed E-state index contributed by atoms with van der Waals surface area (Å²) in [6, 6.07) is 6.35. The highest BCUT2D eigenvalue weighted by atomic mass is 16.6. The summed E-state index contributed by atoms with van der Waals surface area (Å²) in [7, 11) is 3.15. The molecule has 8 fully saturated rings. The van der Waals surface area contributed by atoms with Gasteiger partial charge in [-0.15, -0.1) is 0 Å². The van der Waals surface area contributed by atoms with Crippen molar-refractivity contribution in [3.8, 4) is 11.4 Å². The van der Waals surface area contributed by atoms with Gasteiger partial charge in [-0.05, 0) is 182 Å². The van der Waals surface area contributed by atoms with Crippen molar-refractivity contribution in [2.45, 2.75) is 379 Å². The van der Waals surface area contributed by atoms with Gasteiger partial charge in [0, 0.05) is 26.6 Å². The van der Waals surface area contributed by atoms with Crippen LogP contribution >= 0.6 is 0 Å². The monoisotopic (exact) mass is 1880 g/mol. The van der Waals surface area contributed by atoms with Crippen molar-refractivity contribution >= 4 is 82.8 Å². The van der Waals surface area contributed by atoms with Crippen LogP contribution in [0.2, 0.25) is 0 Å². The standard InChI is InChI=1S/C98H152N14O22/c1-87(2,75(115)103-89(5,6)85(125)133-65-63-131-61-59-129-57-55-127-9)105-77(117)93(43-23-13-24-44-93)109-81(121)97(51-31-17-32-52-97)111-83(123)95(47-27-15-28-48-95)107-79(119)91(39-19-11-20-40-91)101-73(113)69-35-37-71(99-67-69)72-38-36-70(68-100-72)74(114)102-92(41-21-12-22-42-92)80(120)108-96(49-29-16-30-50-96)84(124)112-98(53-33-18-34-54-98)82(122)110-94(45-25-14-26-46-94)78(118)106-88(3,4)76(116)104-90(7,8)86(126)134-66-64-132-62-60-130-58-56-128-10/h35-38,67-68H,11-34,39-66H2,1-10H3,(H,101,113)(H,102,114)(H,103,115)(H,104,116)(H,105,117)(H,106,118)(H,107,119)(H,108,120)(H,109,121)(H,110,122)(H,111,123)(H,112,124). The van der Waals surface area contributed by atoms with Crippen LogP contribution in [0.5, 0.6) is 0 Å². The molecule has 36 nitrogen and oxygen atoms in total. The van der Waals surface area contributed by atoms with E-state index in [0.29, 0.717) is 154 Å². The zero-order valence-corrected chi connectivity index (χ0v) is 81.1. The molecule has 0 unspecified atom stereocenters. The molecule has 8 aliphatic rings. The SMILES string of the molecule is COCCOCCOCCOC(=O)C(C)(C)NC(=O)C(C)(C)NC(=O)C1(NC(=O)C2(NC(=O)C3(NC(=O)C4(NC(=O)c5ccc(-c6ccc(C(=O)NC7(C(=O)NC8(C(=O)NC9(C(=O)NC%10(C(=O)NC(C)(C)C(=O)NC(C)(C)C(=O)OCCOCCOCCOC)CCCCC%10)CCCCC9)CCCCC8)CCCCC7)cn6)nc5)CCCCC4)CCCCC3)CCCCC2)CCCCC1. The van der Waals surface area contributed by atoms with E-state index < -0.39 is 149 Å². The first-order valence-corrected chi connectivity index (χ1v) is 49.3. The third kappa shape index (κ3) is 27.6. The molecule has 2 aromatic heterocycles. The lowest BCUT2D eigenvalue weighted by atomic mass is 9.74. The quantitative estimate of drug-likeness (QED) is 0.0221. The number of carbonyl (C=O) groups excluding carboxylic acids is 14. The Labute approximate surface area is 789 Å². The van der Waals surface area contributed by atoms with E-state index in [1.54, 1.807) is 38.5 Å². The Bertz CT molecular complexity index is 4060. The highest BCUT2D eigenvalue weighted by Crippen LogP contribution is 2.42. The minimum atomic E-state index is -1.59. The topological polar surface area (TPSA) is 483 Å². The summed E-state index contributed by atoms with van der Waals surface area (Å²) in [6.45, 7) is 15.0. The van der Waals surface area contributed by atoms with Crippen molar-refractivity contribution < 1.29 is 105 Å².